The Bertz CT molecular complexity index is 347. The van der Waals surface area contributed by atoms with E-state index in [1.807, 2.05) is 0 Å². The van der Waals surface area contributed by atoms with Gasteiger partial charge in [-0.3, -0.25) is 0 Å². The Kier molecular flexibility index (Phi) is 3.89. The molecule has 1 aromatic carbocycles. The van der Waals surface area contributed by atoms with Crippen LogP contribution in [0.2, 0.25) is 19.6 Å². The molecule has 1 saturated heterocycles. The van der Waals surface area contributed by atoms with Crippen molar-refractivity contribution in [2.24, 2.45) is 0 Å². The van der Waals surface area contributed by atoms with E-state index >= 15 is 0 Å². The van der Waals surface area contributed by atoms with Crippen molar-refractivity contribution in [1.82, 2.24) is 0 Å². The van der Waals surface area contributed by atoms with E-state index in [0.29, 0.717) is 0 Å². The lowest BCUT2D eigenvalue weighted by molar-refractivity contribution is -0.105. The molecule has 94 valence electrons. The Morgan fingerprint density at radius 1 is 1.12 bits per heavy atom. The molecule has 0 amide bonds. The van der Waals surface area contributed by atoms with Crippen molar-refractivity contribution in [2.75, 3.05) is 6.61 Å². The molecule has 0 saturated carbocycles. The average Bonchev–Trinajstić information content (AvgIpc) is 2.30. The average molecular weight is 250 g/mol. The monoisotopic (exact) mass is 250 g/mol. The molecule has 3 heteroatoms. The zero-order valence-electron chi connectivity index (χ0n) is 11.0. The Hall–Kier alpha value is -0.803. The summed E-state index contributed by atoms with van der Waals surface area (Å²) in [5, 5.41) is 1.47. The Morgan fingerprint density at radius 3 is 2.35 bits per heavy atom. The van der Waals surface area contributed by atoms with E-state index in [9.17, 15) is 0 Å². The van der Waals surface area contributed by atoms with Gasteiger partial charge in [0.2, 0.25) is 0 Å². The van der Waals surface area contributed by atoms with E-state index in [1.165, 1.54) is 11.6 Å². The zero-order chi connectivity index (χ0) is 12.3. The van der Waals surface area contributed by atoms with Crippen LogP contribution in [0.1, 0.15) is 19.3 Å². The van der Waals surface area contributed by atoms with Crippen molar-refractivity contribution in [1.29, 1.82) is 0 Å². The van der Waals surface area contributed by atoms with Crippen LogP contribution in [0.15, 0.2) is 24.3 Å². The van der Waals surface area contributed by atoms with Crippen LogP contribution in [-0.2, 0) is 4.74 Å². The first-order chi connectivity index (χ1) is 8.05. The van der Waals surface area contributed by atoms with Gasteiger partial charge in [0.25, 0.3) is 0 Å². The Balaban J connectivity index is 1.98. The van der Waals surface area contributed by atoms with Crippen LogP contribution in [0.5, 0.6) is 5.75 Å². The largest absolute Gasteiger partial charge is 0.465 e. The lowest BCUT2D eigenvalue weighted by atomic mass is 10.2. The zero-order valence-corrected chi connectivity index (χ0v) is 12.0. The van der Waals surface area contributed by atoms with Crippen LogP contribution in [-0.4, -0.2) is 21.0 Å². The highest BCUT2D eigenvalue weighted by molar-refractivity contribution is 6.88. The molecule has 1 atom stereocenters. The molecule has 0 aliphatic carbocycles. The minimum atomic E-state index is -1.20. The highest BCUT2D eigenvalue weighted by Gasteiger charge is 2.17. The third-order valence-corrected chi connectivity index (χ3v) is 5.19. The van der Waals surface area contributed by atoms with Gasteiger partial charge in [0, 0.05) is 6.42 Å². The second-order valence-electron chi connectivity index (χ2n) is 5.69. The summed E-state index contributed by atoms with van der Waals surface area (Å²) in [6.45, 7) is 7.89. The molecule has 2 rings (SSSR count). The van der Waals surface area contributed by atoms with Gasteiger partial charge in [0.15, 0.2) is 6.29 Å². The maximum Gasteiger partial charge on any atom is 0.199 e. The third kappa shape index (κ3) is 3.58. The molecule has 1 heterocycles. The van der Waals surface area contributed by atoms with Gasteiger partial charge >= 0.3 is 0 Å². The van der Waals surface area contributed by atoms with Gasteiger partial charge in [-0.25, -0.2) is 0 Å². The van der Waals surface area contributed by atoms with Gasteiger partial charge in [-0.1, -0.05) is 37.0 Å². The molecule has 0 spiro atoms. The summed E-state index contributed by atoms with van der Waals surface area (Å²) in [6.07, 6.45) is 3.34. The van der Waals surface area contributed by atoms with E-state index in [-0.39, 0.29) is 6.29 Å². The third-order valence-electron chi connectivity index (χ3n) is 3.13. The van der Waals surface area contributed by atoms with Crippen LogP contribution in [0, 0.1) is 0 Å². The summed E-state index contributed by atoms with van der Waals surface area (Å²) in [5.74, 6) is 0.930. The summed E-state index contributed by atoms with van der Waals surface area (Å²) >= 11 is 0. The van der Waals surface area contributed by atoms with E-state index in [1.54, 1.807) is 0 Å². The fourth-order valence-electron chi connectivity index (χ4n) is 1.99. The van der Waals surface area contributed by atoms with Crippen molar-refractivity contribution < 1.29 is 9.47 Å². The molecule has 0 radical (unpaired) electrons. The normalized spacial score (nSPS) is 21.2. The smallest absolute Gasteiger partial charge is 0.199 e. The molecule has 0 aromatic heterocycles. The van der Waals surface area contributed by atoms with Crippen molar-refractivity contribution >= 4 is 13.3 Å². The van der Waals surface area contributed by atoms with Gasteiger partial charge in [0.05, 0.1) is 14.7 Å². The summed E-state index contributed by atoms with van der Waals surface area (Å²) in [4.78, 5) is 0. The van der Waals surface area contributed by atoms with Crippen LogP contribution in [0.25, 0.3) is 0 Å². The van der Waals surface area contributed by atoms with Crippen LogP contribution >= 0.6 is 0 Å². The summed E-state index contributed by atoms with van der Waals surface area (Å²) < 4.78 is 11.4. The predicted octanol–water partition coefficient (Wildman–Crippen LogP) is 3.14. The number of hydrogen-bond donors (Lipinski definition) is 0. The molecule has 1 aliphatic rings. The van der Waals surface area contributed by atoms with Gasteiger partial charge in [-0.2, -0.15) is 0 Å². The highest BCUT2D eigenvalue weighted by Crippen LogP contribution is 2.18. The first-order valence-electron chi connectivity index (χ1n) is 6.44. The second kappa shape index (κ2) is 5.23. The lowest BCUT2D eigenvalue weighted by Crippen LogP contribution is -2.37. The summed E-state index contributed by atoms with van der Waals surface area (Å²) in [7, 11) is -1.20. The van der Waals surface area contributed by atoms with Gasteiger partial charge in [-0.15, -0.1) is 0 Å². The van der Waals surface area contributed by atoms with Crippen molar-refractivity contribution in [3.63, 3.8) is 0 Å². The van der Waals surface area contributed by atoms with Crippen LogP contribution in [0.3, 0.4) is 0 Å². The molecule has 0 bridgehead atoms. The van der Waals surface area contributed by atoms with Gasteiger partial charge < -0.3 is 9.47 Å². The fraction of sp³-hybridized carbons (Fsp3) is 0.571. The number of ether oxygens (including phenoxy) is 2. The van der Waals surface area contributed by atoms with E-state index < -0.39 is 8.07 Å². The SMILES string of the molecule is C[Si](C)(C)c1ccc(OC2CCCCO2)cc1. The maximum atomic E-state index is 5.82. The first kappa shape index (κ1) is 12.6. The molecule has 1 aromatic rings. The maximum absolute atomic E-state index is 5.82. The van der Waals surface area contributed by atoms with E-state index in [4.69, 9.17) is 9.47 Å². The summed E-state index contributed by atoms with van der Waals surface area (Å²) in [6, 6.07) is 8.55. The topological polar surface area (TPSA) is 18.5 Å². The molecule has 1 fully saturated rings. The number of benzene rings is 1. The lowest BCUT2D eigenvalue weighted by Gasteiger charge is -2.24. The first-order valence-corrected chi connectivity index (χ1v) is 9.94. The van der Waals surface area contributed by atoms with Crippen molar-refractivity contribution in [3.8, 4) is 5.75 Å². The van der Waals surface area contributed by atoms with E-state index in [2.05, 4.69) is 43.9 Å². The minimum Gasteiger partial charge on any atom is -0.465 e. The Morgan fingerprint density at radius 2 is 1.82 bits per heavy atom. The quantitative estimate of drug-likeness (QED) is 0.767. The predicted molar refractivity (Wildman–Crippen MR) is 73.6 cm³/mol. The molecule has 2 nitrogen and oxygen atoms in total. The van der Waals surface area contributed by atoms with E-state index in [0.717, 1.165) is 25.2 Å². The number of hydrogen-bond acceptors (Lipinski definition) is 2. The van der Waals surface area contributed by atoms with Gasteiger partial charge in [-0.05, 0) is 25.0 Å². The Labute approximate surface area is 105 Å². The van der Waals surface area contributed by atoms with Crippen LogP contribution in [0.4, 0.5) is 0 Å². The molecular formula is C14H22O2Si. The standard InChI is InChI=1S/C14H22O2Si/c1-17(2,3)13-9-7-12(8-10-13)16-14-6-4-5-11-15-14/h7-10,14H,4-6,11H2,1-3H3. The molecule has 0 N–H and O–H groups in total. The van der Waals surface area contributed by atoms with Crippen molar-refractivity contribution in [2.45, 2.75) is 45.2 Å². The molecule has 1 aliphatic heterocycles. The molecule has 1 unspecified atom stereocenters. The fourth-order valence-corrected chi connectivity index (χ4v) is 3.16. The highest BCUT2D eigenvalue weighted by atomic mass is 28.3. The summed E-state index contributed by atoms with van der Waals surface area (Å²) in [5.41, 5.74) is 0. The minimum absolute atomic E-state index is 0.0403. The second-order valence-corrected chi connectivity index (χ2v) is 10.8. The van der Waals surface area contributed by atoms with Gasteiger partial charge in [0.1, 0.15) is 5.75 Å². The van der Waals surface area contributed by atoms with Crippen molar-refractivity contribution in [3.05, 3.63) is 24.3 Å². The number of rotatable bonds is 3. The molecular weight excluding hydrogens is 228 g/mol. The van der Waals surface area contributed by atoms with Crippen LogP contribution < -0.4 is 9.92 Å². The molecule has 17 heavy (non-hydrogen) atoms.